The Bertz CT molecular complexity index is 1150. The second-order valence-corrected chi connectivity index (χ2v) is 8.72. The van der Waals surface area contributed by atoms with Crippen molar-refractivity contribution in [2.75, 3.05) is 56.7 Å². The molecule has 3 aromatic rings. The van der Waals surface area contributed by atoms with Gasteiger partial charge in [0.2, 0.25) is 5.95 Å². The molecule has 1 aromatic heterocycles. The summed E-state index contributed by atoms with van der Waals surface area (Å²) in [6.07, 6.45) is 2.87. The number of methoxy groups -OCH3 is 2. The smallest absolute Gasteiger partial charge is 0.225 e. The molecule has 3 heterocycles. The van der Waals surface area contributed by atoms with E-state index in [0.717, 1.165) is 75.4 Å². The highest BCUT2D eigenvalue weighted by atomic mass is 19.1. The number of hydrogen-bond donors (Lipinski definition) is 0. The van der Waals surface area contributed by atoms with E-state index in [1.807, 2.05) is 30.5 Å². The number of aromatic nitrogens is 2. The van der Waals surface area contributed by atoms with Gasteiger partial charge in [-0.15, -0.1) is 0 Å². The molecule has 0 bridgehead atoms. The van der Waals surface area contributed by atoms with Crippen LogP contribution >= 0.6 is 0 Å². The number of rotatable bonds is 6. The lowest BCUT2D eigenvalue weighted by Crippen LogP contribution is -2.47. The Hall–Kier alpha value is -3.39. The number of hydrogen-bond acceptors (Lipinski definition) is 7. The van der Waals surface area contributed by atoms with Crippen LogP contribution in [0.3, 0.4) is 0 Å². The topological polar surface area (TPSA) is 54.0 Å². The third-order valence-corrected chi connectivity index (χ3v) is 6.61. The summed E-state index contributed by atoms with van der Waals surface area (Å²) in [5.41, 5.74) is 4.17. The minimum Gasteiger partial charge on any atom is -0.493 e. The summed E-state index contributed by atoms with van der Waals surface area (Å²) in [5, 5.41) is 0. The summed E-state index contributed by atoms with van der Waals surface area (Å²) in [6, 6.07) is 13.0. The van der Waals surface area contributed by atoms with Crippen LogP contribution in [-0.2, 0) is 19.5 Å². The maximum Gasteiger partial charge on any atom is 0.225 e. The SMILES string of the molecule is COc1ccc(CN2CCc3nc(N4CCN(c5ccccc5F)CC4)ncc3C2)cc1OC. The zero-order chi connectivity index (χ0) is 23.5. The van der Waals surface area contributed by atoms with Crippen LogP contribution < -0.4 is 19.3 Å². The van der Waals surface area contributed by atoms with Gasteiger partial charge in [-0.25, -0.2) is 14.4 Å². The summed E-state index contributed by atoms with van der Waals surface area (Å²) >= 11 is 0. The van der Waals surface area contributed by atoms with E-state index in [9.17, 15) is 4.39 Å². The predicted molar refractivity (Wildman–Crippen MR) is 130 cm³/mol. The first-order valence-electron chi connectivity index (χ1n) is 11.7. The van der Waals surface area contributed by atoms with Gasteiger partial charge < -0.3 is 19.3 Å². The molecule has 0 aliphatic carbocycles. The Balaban J connectivity index is 1.21. The Labute approximate surface area is 199 Å². The highest BCUT2D eigenvalue weighted by Gasteiger charge is 2.24. The first-order chi connectivity index (χ1) is 16.6. The summed E-state index contributed by atoms with van der Waals surface area (Å²) in [4.78, 5) is 16.3. The zero-order valence-electron chi connectivity index (χ0n) is 19.7. The number of para-hydroxylation sites is 1. The second-order valence-electron chi connectivity index (χ2n) is 8.72. The largest absolute Gasteiger partial charge is 0.493 e. The molecule has 178 valence electrons. The van der Waals surface area contributed by atoms with Crippen molar-refractivity contribution in [2.24, 2.45) is 0 Å². The van der Waals surface area contributed by atoms with Crippen LogP contribution in [0.4, 0.5) is 16.0 Å². The molecule has 0 saturated carbocycles. The second kappa shape index (κ2) is 9.85. The van der Waals surface area contributed by atoms with Gasteiger partial charge in [0.25, 0.3) is 0 Å². The zero-order valence-corrected chi connectivity index (χ0v) is 19.7. The first kappa shape index (κ1) is 22.4. The van der Waals surface area contributed by atoms with E-state index in [1.165, 1.54) is 17.2 Å². The number of ether oxygens (including phenoxy) is 2. The molecular formula is C26H30FN5O2. The first-order valence-corrected chi connectivity index (χ1v) is 11.7. The Morgan fingerprint density at radius 1 is 0.912 bits per heavy atom. The van der Waals surface area contributed by atoms with Crippen molar-refractivity contribution in [3.8, 4) is 11.5 Å². The highest BCUT2D eigenvalue weighted by molar-refractivity contribution is 5.49. The van der Waals surface area contributed by atoms with Gasteiger partial charge in [0.05, 0.1) is 25.6 Å². The van der Waals surface area contributed by atoms with Crippen LogP contribution in [0, 0.1) is 5.82 Å². The lowest BCUT2D eigenvalue weighted by atomic mass is 10.1. The van der Waals surface area contributed by atoms with Gasteiger partial charge in [0, 0.05) is 64.0 Å². The molecule has 2 aliphatic rings. The molecule has 34 heavy (non-hydrogen) atoms. The molecule has 7 nitrogen and oxygen atoms in total. The molecule has 0 amide bonds. The van der Waals surface area contributed by atoms with Gasteiger partial charge in [-0.2, -0.15) is 0 Å². The summed E-state index contributed by atoms with van der Waals surface area (Å²) < 4.78 is 24.9. The molecule has 0 radical (unpaired) electrons. The fraction of sp³-hybridized carbons (Fsp3) is 0.385. The predicted octanol–water partition coefficient (Wildman–Crippen LogP) is 3.52. The molecule has 5 rings (SSSR count). The average Bonchev–Trinajstić information content (AvgIpc) is 2.88. The van der Waals surface area contributed by atoms with E-state index in [4.69, 9.17) is 14.5 Å². The molecule has 0 atom stereocenters. The van der Waals surface area contributed by atoms with E-state index in [2.05, 4.69) is 25.8 Å². The molecule has 1 saturated heterocycles. The van der Waals surface area contributed by atoms with Crippen molar-refractivity contribution in [2.45, 2.75) is 19.5 Å². The number of piperazine rings is 1. The monoisotopic (exact) mass is 463 g/mol. The molecule has 0 N–H and O–H groups in total. The third kappa shape index (κ3) is 4.63. The summed E-state index contributed by atoms with van der Waals surface area (Å²) in [6.45, 7) is 5.65. The van der Waals surface area contributed by atoms with Crippen molar-refractivity contribution in [1.82, 2.24) is 14.9 Å². The van der Waals surface area contributed by atoms with Gasteiger partial charge in [0.1, 0.15) is 5.82 Å². The molecule has 2 aliphatic heterocycles. The van der Waals surface area contributed by atoms with Crippen LogP contribution in [-0.4, -0.2) is 61.8 Å². The van der Waals surface area contributed by atoms with Gasteiger partial charge in [-0.3, -0.25) is 4.90 Å². The Morgan fingerprint density at radius 2 is 1.68 bits per heavy atom. The van der Waals surface area contributed by atoms with Crippen LogP contribution in [0.15, 0.2) is 48.7 Å². The third-order valence-electron chi connectivity index (χ3n) is 6.61. The van der Waals surface area contributed by atoms with Crippen LogP contribution in [0.25, 0.3) is 0 Å². The molecule has 8 heteroatoms. The highest BCUT2D eigenvalue weighted by Crippen LogP contribution is 2.29. The van der Waals surface area contributed by atoms with Crippen LogP contribution in [0.2, 0.25) is 0 Å². The molecular weight excluding hydrogens is 433 g/mol. The number of nitrogens with zero attached hydrogens (tertiary/aromatic N) is 5. The maximum absolute atomic E-state index is 14.1. The van der Waals surface area contributed by atoms with Crippen molar-refractivity contribution < 1.29 is 13.9 Å². The fourth-order valence-corrected chi connectivity index (χ4v) is 4.74. The number of fused-ring (bicyclic) bond motifs is 1. The molecule has 0 unspecified atom stereocenters. The maximum atomic E-state index is 14.1. The molecule has 1 fully saturated rings. The quantitative estimate of drug-likeness (QED) is 0.555. The van der Waals surface area contributed by atoms with E-state index in [1.54, 1.807) is 20.3 Å². The summed E-state index contributed by atoms with van der Waals surface area (Å²) in [7, 11) is 3.31. The Kier molecular flexibility index (Phi) is 6.49. The average molecular weight is 464 g/mol. The molecule has 0 spiro atoms. The van der Waals surface area contributed by atoms with Gasteiger partial charge >= 0.3 is 0 Å². The normalized spacial score (nSPS) is 16.3. The van der Waals surface area contributed by atoms with E-state index < -0.39 is 0 Å². The standard InChI is InChI=1S/C26H30FN5O2/c1-33-24-8-7-19(15-25(24)34-2)17-30-10-9-22-20(18-30)16-28-26(29-22)32-13-11-31(12-14-32)23-6-4-3-5-21(23)27/h3-8,15-16H,9-14,17-18H2,1-2H3. The van der Waals surface area contributed by atoms with E-state index in [0.29, 0.717) is 5.69 Å². The van der Waals surface area contributed by atoms with Crippen LogP contribution in [0.5, 0.6) is 11.5 Å². The van der Waals surface area contributed by atoms with Crippen molar-refractivity contribution in [3.05, 3.63) is 71.3 Å². The number of anilines is 2. The van der Waals surface area contributed by atoms with Gasteiger partial charge in [-0.05, 0) is 29.8 Å². The number of benzene rings is 2. The van der Waals surface area contributed by atoms with Crippen molar-refractivity contribution in [3.63, 3.8) is 0 Å². The van der Waals surface area contributed by atoms with Crippen molar-refractivity contribution >= 4 is 11.6 Å². The van der Waals surface area contributed by atoms with Gasteiger partial charge in [0.15, 0.2) is 11.5 Å². The van der Waals surface area contributed by atoms with Gasteiger partial charge in [-0.1, -0.05) is 18.2 Å². The number of halogens is 1. The fourth-order valence-electron chi connectivity index (χ4n) is 4.74. The van der Waals surface area contributed by atoms with E-state index in [-0.39, 0.29) is 5.82 Å². The lowest BCUT2D eigenvalue weighted by Gasteiger charge is -2.36. The van der Waals surface area contributed by atoms with Crippen LogP contribution in [0.1, 0.15) is 16.8 Å². The van der Waals surface area contributed by atoms with E-state index >= 15 is 0 Å². The molecule has 2 aromatic carbocycles. The lowest BCUT2D eigenvalue weighted by molar-refractivity contribution is 0.242. The minimum atomic E-state index is -0.168. The van der Waals surface area contributed by atoms with Crippen molar-refractivity contribution in [1.29, 1.82) is 0 Å². The summed E-state index contributed by atoms with van der Waals surface area (Å²) in [5.74, 6) is 2.10. The Morgan fingerprint density at radius 3 is 2.44 bits per heavy atom. The minimum absolute atomic E-state index is 0.168.